The van der Waals surface area contributed by atoms with Gasteiger partial charge in [0.05, 0.1) is 5.56 Å². The average molecular weight is 167 g/mol. The molecule has 1 aromatic heterocycles. The number of hydrogen-bond acceptors (Lipinski definition) is 3. The molecule has 0 aliphatic rings. The van der Waals surface area contributed by atoms with Crippen molar-refractivity contribution < 1.29 is 4.79 Å². The maximum atomic E-state index is 11.2. The van der Waals surface area contributed by atoms with Crippen molar-refractivity contribution in [2.75, 3.05) is 19.0 Å². The van der Waals surface area contributed by atoms with Gasteiger partial charge < -0.3 is 4.90 Å². The van der Waals surface area contributed by atoms with Gasteiger partial charge in [0.15, 0.2) is 11.6 Å². The van der Waals surface area contributed by atoms with Gasteiger partial charge in [-0.2, -0.15) is 5.10 Å². The van der Waals surface area contributed by atoms with Crippen LogP contribution in [0, 0.1) is 6.92 Å². The Morgan fingerprint density at radius 2 is 2.08 bits per heavy atom. The summed E-state index contributed by atoms with van der Waals surface area (Å²) in [6, 6.07) is 0. The molecular weight excluding hydrogens is 154 g/mol. The quantitative estimate of drug-likeness (QED) is 0.668. The van der Waals surface area contributed by atoms with Crippen LogP contribution in [0.25, 0.3) is 0 Å². The molecule has 0 radical (unpaired) electrons. The van der Waals surface area contributed by atoms with E-state index in [1.807, 2.05) is 25.9 Å². The minimum absolute atomic E-state index is 0.0463. The molecular formula is C8H13N3O. The Morgan fingerprint density at radius 1 is 1.50 bits per heavy atom. The summed E-state index contributed by atoms with van der Waals surface area (Å²) in [5.41, 5.74) is 1.51. The molecule has 0 fully saturated rings. The summed E-state index contributed by atoms with van der Waals surface area (Å²) in [7, 11) is 3.73. The van der Waals surface area contributed by atoms with Gasteiger partial charge in [0.2, 0.25) is 0 Å². The first-order valence-electron chi connectivity index (χ1n) is 3.77. The van der Waals surface area contributed by atoms with Gasteiger partial charge in [0, 0.05) is 19.8 Å². The van der Waals surface area contributed by atoms with E-state index in [4.69, 9.17) is 0 Å². The van der Waals surface area contributed by atoms with Gasteiger partial charge in [-0.05, 0) is 13.8 Å². The minimum Gasteiger partial charge on any atom is -0.361 e. The third kappa shape index (κ3) is 1.32. The van der Waals surface area contributed by atoms with Gasteiger partial charge in [-0.25, -0.2) is 0 Å². The van der Waals surface area contributed by atoms with Crippen molar-refractivity contribution in [2.45, 2.75) is 13.8 Å². The summed E-state index contributed by atoms with van der Waals surface area (Å²) in [5.74, 6) is 0.755. The first-order chi connectivity index (χ1) is 5.54. The van der Waals surface area contributed by atoms with Crippen molar-refractivity contribution in [3.05, 3.63) is 11.3 Å². The largest absolute Gasteiger partial charge is 0.361 e. The number of aryl methyl sites for hydroxylation is 1. The predicted molar refractivity (Wildman–Crippen MR) is 47.7 cm³/mol. The topological polar surface area (TPSA) is 49.0 Å². The highest BCUT2D eigenvalue weighted by atomic mass is 16.1. The molecule has 0 unspecified atom stereocenters. The number of aromatic nitrogens is 2. The third-order valence-corrected chi connectivity index (χ3v) is 1.70. The normalized spacial score (nSPS) is 10.0. The van der Waals surface area contributed by atoms with Crippen LogP contribution < -0.4 is 4.90 Å². The number of ketones is 1. The lowest BCUT2D eigenvalue weighted by molar-refractivity contribution is 0.101. The maximum absolute atomic E-state index is 11.2. The zero-order valence-electron chi connectivity index (χ0n) is 7.80. The van der Waals surface area contributed by atoms with Crippen LogP contribution in [-0.2, 0) is 0 Å². The van der Waals surface area contributed by atoms with Crippen molar-refractivity contribution in [2.24, 2.45) is 0 Å². The standard InChI is InChI=1S/C8H13N3O/c1-5-7(6(2)12)8(10-9-5)11(3)4/h1-4H3,(H,9,10). The van der Waals surface area contributed by atoms with E-state index < -0.39 is 0 Å². The third-order valence-electron chi connectivity index (χ3n) is 1.70. The Labute approximate surface area is 71.6 Å². The molecule has 4 heteroatoms. The molecule has 1 N–H and O–H groups in total. The molecule has 0 spiro atoms. The van der Waals surface area contributed by atoms with Gasteiger partial charge in [0.25, 0.3) is 0 Å². The van der Waals surface area contributed by atoms with Crippen molar-refractivity contribution >= 4 is 11.6 Å². The Kier molecular flexibility index (Phi) is 2.17. The summed E-state index contributed by atoms with van der Waals surface area (Å²) in [6.45, 7) is 3.39. The van der Waals surface area contributed by atoms with Crippen LogP contribution in [0.1, 0.15) is 23.0 Å². The highest BCUT2D eigenvalue weighted by Crippen LogP contribution is 2.18. The molecule has 0 atom stereocenters. The number of Topliss-reactive ketones (excluding diaryl/α,β-unsaturated/α-hetero) is 1. The zero-order chi connectivity index (χ0) is 9.30. The highest BCUT2D eigenvalue weighted by molar-refractivity contribution is 5.99. The van der Waals surface area contributed by atoms with Crippen LogP contribution >= 0.6 is 0 Å². The van der Waals surface area contributed by atoms with Crippen LogP contribution in [0.2, 0.25) is 0 Å². The summed E-state index contributed by atoms with van der Waals surface area (Å²) in [4.78, 5) is 13.0. The molecule has 0 bridgehead atoms. The van der Waals surface area contributed by atoms with Gasteiger partial charge in [-0.3, -0.25) is 9.89 Å². The maximum Gasteiger partial charge on any atom is 0.165 e. The van der Waals surface area contributed by atoms with E-state index in [0.717, 1.165) is 5.69 Å². The SMILES string of the molecule is CC(=O)c1c(N(C)C)n[nH]c1C. The summed E-state index contributed by atoms with van der Waals surface area (Å²) < 4.78 is 0. The number of nitrogens with zero attached hydrogens (tertiary/aromatic N) is 2. The first-order valence-corrected chi connectivity index (χ1v) is 3.77. The smallest absolute Gasteiger partial charge is 0.165 e. The number of hydrogen-bond donors (Lipinski definition) is 1. The average Bonchev–Trinajstić information content (AvgIpc) is 2.30. The number of carbonyl (C=O) groups is 1. The Bertz CT molecular complexity index is 301. The van der Waals surface area contributed by atoms with E-state index in [-0.39, 0.29) is 5.78 Å². The first kappa shape index (κ1) is 8.77. The van der Waals surface area contributed by atoms with E-state index in [1.54, 1.807) is 6.92 Å². The van der Waals surface area contributed by atoms with Crippen molar-refractivity contribution in [1.82, 2.24) is 10.2 Å². The molecule has 12 heavy (non-hydrogen) atoms. The molecule has 0 aliphatic heterocycles. The minimum atomic E-state index is 0.0463. The number of carbonyl (C=O) groups excluding carboxylic acids is 1. The van der Waals surface area contributed by atoms with Crippen LogP contribution in [0.15, 0.2) is 0 Å². The highest BCUT2D eigenvalue weighted by Gasteiger charge is 2.15. The van der Waals surface area contributed by atoms with E-state index >= 15 is 0 Å². The van der Waals surface area contributed by atoms with Gasteiger partial charge in [0.1, 0.15) is 0 Å². The molecule has 1 aromatic rings. The summed E-state index contributed by atoms with van der Waals surface area (Å²) >= 11 is 0. The van der Waals surface area contributed by atoms with Gasteiger partial charge in [-0.1, -0.05) is 0 Å². The lowest BCUT2D eigenvalue weighted by Gasteiger charge is -2.09. The number of nitrogens with one attached hydrogen (secondary N) is 1. The zero-order valence-corrected chi connectivity index (χ0v) is 7.80. The number of aromatic amines is 1. The molecule has 0 saturated heterocycles. The van der Waals surface area contributed by atoms with Crippen LogP contribution in [-0.4, -0.2) is 30.1 Å². The molecule has 1 heterocycles. The predicted octanol–water partition coefficient (Wildman–Crippen LogP) is 0.987. The second-order valence-electron chi connectivity index (χ2n) is 3.00. The lowest BCUT2D eigenvalue weighted by atomic mass is 10.2. The van der Waals surface area contributed by atoms with E-state index in [9.17, 15) is 4.79 Å². The van der Waals surface area contributed by atoms with E-state index in [2.05, 4.69) is 10.2 Å². The molecule has 0 amide bonds. The fourth-order valence-corrected chi connectivity index (χ4v) is 1.16. The van der Waals surface area contributed by atoms with Crippen LogP contribution in [0.5, 0.6) is 0 Å². The van der Waals surface area contributed by atoms with Gasteiger partial charge >= 0.3 is 0 Å². The summed E-state index contributed by atoms with van der Waals surface area (Å²) in [5, 5.41) is 6.80. The van der Waals surface area contributed by atoms with Crippen molar-refractivity contribution in [3.8, 4) is 0 Å². The Morgan fingerprint density at radius 3 is 2.42 bits per heavy atom. The molecule has 4 nitrogen and oxygen atoms in total. The molecule has 66 valence electrons. The number of anilines is 1. The molecule has 0 aromatic carbocycles. The van der Waals surface area contributed by atoms with Crippen molar-refractivity contribution in [1.29, 1.82) is 0 Å². The van der Waals surface area contributed by atoms with Gasteiger partial charge in [-0.15, -0.1) is 0 Å². The van der Waals surface area contributed by atoms with Crippen LogP contribution in [0.3, 0.4) is 0 Å². The fourth-order valence-electron chi connectivity index (χ4n) is 1.16. The summed E-state index contributed by atoms with van der Waals surface area (Å²) in [6.07, 6.45) is 0. The Hall–Kier alpha value is -1.32. The second kappa shape index (κ2) is 2.97. The molecule has 0 aliphatic carbocycles. The molecule has 0 saturated carbocycles. The monoisotopic (exact) mass is 167 g/mol. The van der Waals surface area contributed by atoms with E-state index in [0.29, 0.717) is 11.4 Å². The Balaban J connectivity index is 3.21. The fraction of sp³-hybridized carbons (Fsp3) is 0.500. The van der Waals surface area contributed by atoms with Crippen LogP contribution in [0.4, 0.5) is 5.82 Å². The number of rotatable bonds is 2. The second-order valence-corrected chi connectivity index (χ2v) is 3.00. The van der Waals surface area contributed by atoms with Crippen molar-refractivity contribution in [3.63, 3.8) is 0 Å². The lowest BCUT2D eigenvalue weighted by Crippen LogP contribution is -2.12. The molecule has 1 rings (SSSR count). The number of H-pyrrole nitrogens is 1. The van der Waals surface area contributed by atoms with E-state index in [1.165, 1.54) is 0 Å².